The van der Waals surface area contributed by atoms with Crippen molar-refractivity contribution in [2.24, 2.45) is 0 Å². The molecule has 4 rings (SSSR count). The van der Waals surface area contributed by atoms with Crippen molar-refractivity contribution in [1.29, 1.82) is 0 Å². The first kappa shape index (κ1) is 22.4. The van der Waals surface area contributed by atoms with Gasteiger partial charge in [-0.05, 0) is 31.2 Å². The summed E-state index contributed by atoms with van der Waals surface area (Å²) in [6, 6.07) is 6.18. The van der Waals surface area contributed by atoms with Crippen molar-refractivity contribution < 1.29 is 14.3 Å². The van der Waals surface area contributed by atoms with E-state index in [4.69, 9.17) is 22.1 Å². The third-order valence-corrected chi connectivity index (χ3v) is 4.96. The molecule has 0 aromatic carbocycles. The van der Waals surface area contributed by atoms with Gasteiger partial charge in [0.25, 0.3) is 11.8 Å². The summed E-state index contributed by atoms with van der Waals surface area (Å²) in [6.07, 6.45) is 2.81. The third-order valence-electron chi connectivity index (χ3n) is 4.67. The first-order valence-electron chi connectivity index (χ1n) is 9.02. The number of amides is 2. The smallest absolute Gasteiger partial charge is 0.279 e. The molecule has 3 aromatic rings. The van der Waals surface area contributed by atoms with Gasteiger partial charge in [0.2, 0.25) is 5.88 Å². The number of halogens is 1. The second-order valence-corrected chi connectivity index (χ2v) is 7.11. The van der Waals surface area contributed by atoms with E-state index in [9.17, 15) is 9.59 Å². The molecular formula is C19H20ClN7O3S. The monoisotopic (exact) mass is 461 g/mol. The van der Waals surface area contributed by atoms with E-state index >= 15 is 0 Å². The van der Waals surface area contributed by atoms with Crippen molar-refractivity contribution in [3.8, 4) is 5.88 Å². The molecule has 162 valence electrons. The van der Waals surface area contributed by atoms with Gasteiger partial charge >= 0.3 is 0 Å². The topological polar surface area (TPSA) is 128 Å². The summed E-state index contributed by atoms with van der Waals surface area (Å²) in [5.41, 5.74) is 6.41. The molecule has 4 heterocycles. The minimum absolute atomic E-state index is 0. The number of ether oxygens (including phenoxy) is 1. The van der Waals surface area contributed by atoms with Crippen molar-refractivity contribution in [3.05, 3.63) is 52.9 Å². The molecular weight excluding hydrogens is 442 g/mol. The number of carbonyl (C=O) groups is 2. The van der Waals surface area contributed by atoms with Crippen LogP contribution in [0.5, 0.6) is 5.88 Å². The van der Waals surface area contributed by atoms with Crippen LogP contribution in [0.2, 0.25) is 5.02 Å². The molecule has 0 fully saturated rings. The molecule has 31 heavy (non-hydrogen) atoms. The number of fused-ring (bicyclic) bond motifs is 1. The maximum atomic E-state index is 13.3. The van der Waals surface area contributed by atoms with E-state index in [-0.39, 0.29) is 37.0 Å². The number of pyridine rings is 2. The fraction of sp³-hybridized carbons (Fsp3) is 0.211. The number of nitrogen functional groups attached to an aromatic ring is 1. The Bertz CT molecular complexity index is 1140. The minimum Gasteiger partial charge on any atom is -0.480 e. The molecule has 10 nitrogen and oxygen atoms in total. The Labute approximate surface area is 189 Å². The second kappa shape index (κ2) is 8.82. The highest BCUT2D eigenvalue weighted by molar-refractivity contribution is 7.59. The van der Waals surface area contributed by atoms with Crippen LogP contribution in [0.15, 0.2) is 36.7 Å². The van der Waals surface area contributed by atoms with Gasteiger partial charge < -0.3 is 15.8 Å². The second-order valence-electron chi connectivity index (χ2n) is 6.70. The van der Waals surface area contributed by atoms with Crippen molar-refractivity contribution in [2.75, 3.05) is 29.6 Å². The van der Waals surface area contributed by atoms with Crippen LogP contribution in [0, 0.1) is 0 Å². The zero-order chi connectivity index (χ0) is 21.4. The van der Waals surface area contributed by atoms with Gasteiger partial charge in [0.1, 0.15) is 16.7 Å². The average molecular weight is 462 g/mol. The predicted molar refractivity (Wildman–Crippen MR) is 121 cm³/mol. The molecule has 1 atom stereocenters. The standard InChI is InChI=1S/C19H18ClN7O3.H2S/c1-10-9-26(15-6-4-12(20)18(25-15)30-2)19(29)16-13(8-23-27(10)16)24-17(28)11-3-5-14(21)22-7-11;/h3-8,10H,9H2,1-2H3,(H2,21,22)(H,24,28);1H2/t10-;/m0./s1. The van der Waals surface area contributed by atoms with Crippen LogP contribution in [0.1, 0.15) is 33.8 Å². The largest absolute Gasteiger partial charge is 0.480 e. The molecule has 0 unspecified atom stereocenters. The average Bonchev–Trinajstić information content (AvgIpc) is 3.16. The maximum Gasteiger partial charge on any atom is 0.279 e. The molecule has 0 saturated heterocycles. The van der Waals surface area contributed by atoms with E-state index in [1.54, 1.807) is 22.9 Å². The minimum atomic E-state index is -0.429. The van der Waals surface area contributed by atoms with E-state index in [0.717, 1.165) is 0 Å². The lowest BCUT2D eigenvalue weighted by molar-refractivity contribution is 0.0953. The summed E-state index contributed by atoms with van der Waals surface area (Å²) in [7, 11) is 1.45. The number of aromatic nitrogens is 4. The highest BCUT2D eigenvalue weighted by Crippen LogP contribution is 2.32. The fourth-order valence-electron chi connectivity index (χ4n) is 3.19. The van der Waals surface area contributed by atoms with Gasteiger partial charge in [-0.3, -0.25) is 19.2 Å². The van der Waals surface area contributed by atoms with Crippen LogP contribution in [-0.2, 0) is 0 Å². The maximum absolute atomic E-state index is 13.3. The first-order valence-corrected chi connectivity index (χ1v) is 9.39. The van der Waals surface area contributed by atoms with Crippen molar-refractivity contribution in [2.45, 2.75) is 13.0 Å². The summed E-state index contributed by atoms with van der Waals surface area (Å²) >= 11 is 6.05. The molecule has 0 spiro atoms. The summed E-state index contributed by atoms with van der Waals surface area (Å²) in [4.78, 5) is 35.6. The fourth-order valence-corrected chi connectivity index (χ4v) is 3.37. The van der Waals surface area contributed by atoms with Crippen LogP contribution in [0.25, 0.3) is 0 Å². The van der Waals surface area contributed by atoms with E-state index < -0.39 is 5.91 Å². The number of nitrogens with one attached hydrogen (secondary N) is 1. The van der Waals surface area contributed by atoms with Gasteiger partial charge in [-0.1, -0.05) is 11.6 Å². The van der Waals surface area contributed by atoms with Crippen molar-refractivity contribution >= 4 is 54.2 Å². The summed E-state index contributed by atoms with van der Waals surface area (Å²) in [6.45, 7) is 2.26. The van der Waals surface area contributed by atoms with Gasteiger partial charge in [-0.2, -0.15) is 23.6 Å². The Hall–Kier alpha value is -3.31. The van der Waals surface area contributed by atoms with E-state index in [1.807, 2.05) is 6.92 Å². The summed E-state index contributed by atoms with van der Waals surface area (Å²) < 4.78 is 6.74. The number of methoxy groups -OCH3 is 1. The van der Waals surface area contributed by atoms with Crippen LogP contribution >= 0.6 is 25.1 Å². The van der Waals surface area contributed by atoms with Gasteiger partial charge in [0.05, 0.1) is 30.6 Å². The predicted octanol–water partition coefficient (Wildman–Crippen LogP) is 2.50. The zero-order valence-corrected chi connectivity index (χ0v) is 18.4. The molecule has 1 aliphatic heterocycles. The first-order chi connectivity index (χ1) is 14.4. The summed E-state index contributed by atoms with van der Waals surface area (Å²) in [5, 5.41) is 7.34. The Morgan fingerprint density at radius 1 is 1.29 bits per heavy atom. The Morgan fingerprint density at radius 2 is 2.06 bits per heavy atom. The van der Waals surface area contributed by atoms with E-state index in [2.05, 4.69) is 20.4 Å². The number of carbonyl (C=O) groups excluding carboxylic acids is 2. The van der Waals surface area contributed by atoms with Crippen LogP contribution in [-0.4, -0.2) is 45.2 Å². The molecule has 0 aliphatic carbocycles. The number of nitrogens with zero attached hydrogens (tertiary/aromatic N) is 5. The molecule has 2 amide bonds. The summed E-state index contributed by atoms with van der Waals surface area (Å²) in [5.74, 6) is 0.133. The molecule has 3 N–H and O–H groups in total. The zero-order valence-electron chi connectivity index (χ0n) is 16.7. The number of nitrogens with two attached hydrogens (primary N) is 1. The van der Waals surface area contributed by atoms with Crippen LogP contribution in [0.4, 0.5) is 17.3 Å². The van der Waals surface area contributed by atoms with Gasteiger partial charge in [-0.15, -0.1) is 0 Å². The molecule has 0 saturated carbocycles. The SMILES string of the molecule is COc1nc(N2C[C@H](C)n3ncc(NC(=O)c4ccc(N)nc4)c3C2=O)ccc1Cl.S. The number of hydrogen-bond donors (Lipinski definition) is 2. The quantitative estimate of drug-likeness (QED) is 0.610. The van der Waals surface area contributed by atoms with Crippen LogP contribution in [0.3, 0.4) is 0 Å². The molecule has 0 bridgehead atoms. The van der Waals surface area contributed by atoms with E-state index in [0.29, 0.717) is 34.5 Å². The highest BCUT2D eigenvalue weighted by Gasteiger charge is 2.35. The van der Waals surface area contributed by atoms with Gasteiger partial charge in [0, 0.05) is 12.7 Å². The normalized spacial score (nSPS) is 15.1. The number of hydrogen-bond acceptors (Lipinski definition) is 7. The van der Waals surface area contributed by atoms with Gasteiger partial charge in [-0.25, -0.2) is 4.98 Å². The van der Waals surface area contributed by atoms with Crippen molar-refractivity contribution in [1.82, 2.24) is 19.7 Å². The number of rotatable bonds is 4. The van der Waals surface area contributed by atoms with Gasteiger partial charge in [0.15, 0.2) is 5.69 Å². The van der Waals surface area contributed by atoms with Crippen molar-refractivity contribution in [3.63, 3.8) is 0 Å². The Balaban J connectivity index is 0.00000272. The van der Waals surface area contributed by atoms with Crippen LogP contribution < -0.4 is 20.7 Å². The lowest BCUT2D eigenvalue weighted by Crippen LogP contribution is -2.43. The Morgan fingerprint density at radius 3 is 2.74 bits per heavy atom. The van der Waals surface area contributed by atoms with E-state index in [1.165, 1.54) is 30.5 Å². The molecule has 3 aromatic heterocycles. The lowest BCUT2D eigenvalue weighted by Gasteiger charge is -2.31. The molecule has 0 radical (unpaired) electrons. The third kappa shape index (κ3) is 4.14. The number of anilines is 3. The molecule has 1 aliphatic rings. The molecule has 12 heteroatoms. The lowest BCUT2D eigenvalue weighted by atomic mass is 10.1. The Kier molecular flexibility index (Phi) is 6.37. The highest BCUT2D eigenvalue weighted by atomic mass is 35.5.